The molecule has 0 radical (unpaired) electrons. The van der Waals surface area contributed by atoms with Gasteiger partial charge in [0, 0.05) is 35.7 Å². The van der Waals surface area contributed by atoms with Crippen LogP contribution in [0.25, 0.3) is 11.0 Å². The molecule has 0 unspecified atom stereocenters. The SMILES string of the molecule is CC(=O)Nc1ccc(SNc2ccc3c(c2)nc(C(C)(C)C)n3C)cc1. The van der Waals surface area contributed by atoms with Gasteiger partial charge in [-0.3, -0.25) is 4.79 Å². The second kappa shape index (κ2) is 7.03. The number of aryl methyl sites for hydroxylation is 1. The highest BCUT2D eigenvalue weighted by molar-refractivity contribution is 8.00. The summed E-state index contributed by atoms with van der Waals surface area (Å²) in [7, 11) is 2.06. The number of amides is 1. The van der Waals surface area contributed by atoms with Crippen LogP contribution in [0.15, 0.2) is 47.4 Å². The topological polar surface area (TPSA) is 59.0 Å². The molecule has 0 bridgehead atoms. The first kappa shape index (κ1) is 18.3. The zero-order valence-corrected chi connectivity index (χ0v) is 16.6. The average molecular weight is 369 g/mol. The first-order chi connectivity index (χ1) is 12.2. The molecule has 1 amide bonds. The highest BCUT2D eigenvalue weighted by Crippen LogP contribution is 2.29. The lowest BCUT2D eigenvalue weighted by Crippen LogP contribution is -2.17. The van der Waals surface area contributed by atoms with Crippen LogP contribution in [0.4, 0.5) is 11.4 Å². The van der Waals surface area contributed by atoms with Crippen LogP contribution in [0.1, 0.15) is 33.5 Å². The fourth-order valence-corrected chi connectivity index (χ4v) is 3.50. The minimum atomic E-state index is -0.0678. The number of carbonyl (C=O) groups is 1. The number of hydrogen-bond acceptors (Lipinski definition) is 4. The normalized spacial score (nSPS) is 11.6. The van der Waals surface area contributed by atoms with Crippen LogP contribution in [-0.2, 0) is 17.3 Å². The largest absolute Gasteiger partial charge is 0.331 e. The number of rotatable bonds is 4. The maximum atomic E-state index is 11.1. The monoisotopic (exact) mass is 368 g/mol. The van der Waals surface area contributed by atoms with Gasteiger partial charge in [0.15, 0.2) is 0 Å². The molecule has 3 aromatic rings. The van der Waals surface area contributed by atoms with Gasteiger partial charge in [-0.25, -0.2) is 4.98 Å². The van der Waals surface area contributed by atoms with Crippen LogP contribution in [0.5, 0.6) is 0 Å². The van der Waals surface area contributed by atoms with E-state index in [0.29, 0.717) is 0 Å². The first-order valence-electron chi connectivity index (χ1n) is 8.51. The molecule has 5 nitrogen and oxygen atoms in total. The lowest BCUT2D eigenvalue weighted by Gasteiger charge is -2.17. The Hall–Kier alpha value is -2.47. The minimum Gasteiger partial charge on any atom is -0.331 e. The molecule has 0 aliphatic rings. The summed E-state index contributed by atoms with van der Waals surface area (Å²) in [5.41, 5.74) is 3.93. The van der Waals surface area contributed by atoms with Gasteiger partial charge in [-0.05, 0) is 54.4 Å². The van der Waals surface area contributed by atoms with Crippen LogP contribution in [0, 0.1) is 0 Å². The molecule has 3 rings (SSSR count). The van der Waals surface area contributed by atoms with Crippen molar-refractivity contribution >= 4 is 40.3 Å². The minimum absolute atomic E-state index is 0.00572. The van der Waals surface area contributed by atoms with Crippen molar-refractivity contribution in [2.75, 3.05) is 10.0 Å². The summed E-state index contributed by atoms with van der Waals surface area (Å²) in [4.78, 5) is 16.9. The maximum Gasteiger partial charge on any atom is 0.221 e. The van der Waals surface area contributed by atoms with Crippen molar-refractivity contribution in [3.63, 3.8) is 0 Å². The molecule has 0 spiro atoms. The van der Waals surface area contributed by atoms with Crippen molar-refractivity contribution in [2.45, 2.75) is 38.0 Å². The van der Waals surface area contributed by atoms with Crippen LogP contribution in [-0.4, -0.2) is 15.5 Å². The summed E-state index contributed by atoms with van der Waals surface area (Å²) < 4.78 is 5.52. The predicted molar refractivity (Wildman–Crippen MR) is 110 cm³/mol. The van der Waals surface area contributed by atoms with E-state index in [9.17, 15) is 4.79 Å². The third-order valence-corrected chi connectivity index (χ3v) is 4.86. The number of nitrogens with zero attached hydrogens (tertiary/aromatic N) is 2. The zero-order valence-electron chi connectivity index (χ0n) is 15.8. The van der Waals surface area contributed by atoms with Crippen LogP contribution in [0.3, 0.4) is 0 Å². The Bertz CT molecular complexity index is 939. The maximum absolute atomic E-state index is 11.1. The molecule has 1 heterocycles. The second-order valence-electron chi connectivity index (χ2n) is 7.36. The molecule has 0 saturated carbocycles. The molecule has 2 aromatic carbocycles. The summed E-state index contributed by atoms with van der Waals surface area (Å²) in [5.74, 6) is 1.01. The van der Waals surface area contributed by atoms with E-state index in [0.717, 1.165) is 33.1 Å². The second-order valence-corrected chi connectivity index (χ2v) is 8.24. The Kier molecular flexibility index (Phi) is 4.96. The van der Waals surface area contributed by atoms with Gasteiger partial charge < -0.3 is 14.6 Å². The number of fused-ring (bicyclic) bond motifs is 1. The molecular weight excluding hydrogens is 344 g/mol. The fourth-order valence-electron chi connectivity index (χ4n) is 2.86. The number of aromatic nitrogens is 2. The van der Waals surface area contributed by atoms with Crippen molar-refractivity contribution in [1.29, 1.82) is 0 Å². The van der Waals surface area contributed by atoms with E-state index < -0.39 is 0 Å². The van der Waals surface area contributed by atoms with Gasteiger partial charge in [-0.15, -0.1) is 0 Å². The Balaban J connectivity index is 1.74. The average Bonchev–Trinajstić information content (AvgIpc) is 2.90. The fraction of sp³-hybridized carbons (Fsp3) is 0.300. The molecule has 0 fully saturated rings. The number of imidazole rings is 1. The molecule has 136 valence electrons. The van der Waals surface area contributed by atoms with E-state index in [1.807, 2.05) is 24.3 Å². The standard InChI is InChI=1S/C20H24N4OS/c1-13(25)21-14-6-9-16(10-7-14)26-23-15-8-11-18-17(12-15)22-19(24(18)5)20(2,3)4/h6-12,23H,1-5H3,(H,21,25). The van der Waals surface area contributed by atoms with Gasteiger partial charge in [0.2, 0.25) is 5.91 Å². The smallest absolute Gasteiger partial charge is 0.221 e. The molecule has 0 atom stereocenters. The zero-order chi connectivity index (χ0) is 18.9. The highest BCUT2D eigenvalue weighted by atomic mass is 32.2. The van der Waals surface area contributed by atoms with E-state index in [2.05, 4.69) is 60.6 Å². The van der Waals surface area contributed by atoms with Crippen molar-refractivity contribution in [3.8, 4) is 0 Å². The van der Waals surface area contributed by atoms with E-state index in [1.165, 1.54) is 18.9 Å². The lowest BCUT2D eigenvalue weighted by atomic mass is 9.96. The molecule has 6 heteroatoms. The molecule has 1 aromatic heterocycles. The number of hydrogen-bond donors (Lipinski definition) is 2. The Labute approximate surface area is 158 Å². The summed E-state index contributed by atoms with van der Waals surface area (Å²) in [6, 6.07) is 14.0. The number of carbonyl (C=O) groups excluding carboxylic acids is 1. The molecule has 0 aliphatic heterocycles. The van der Waals surface area contributed by atoms with E-state index in [-0.39, 0.29) is 11.3 Å². The van der Waals surface area contributed by atoms with Gasteiger partial charge in [0.05, 0.1) is 11.0 Å². The number of nitrogens with one attached hydrogen (secondary N) is 2. The summed E-state index contributed by atoms with van der Waals surface area (Å²) in [6.07, 6.45) is 0. The molecule has 0 aliphatic carbocycles. The molecule has 2 N–H and O–H groups in total. The van der Waals surface area contributed by atoms with Gasteiger partial charge >= 0.3 is 0 Å². The van der Waals surface area contributed by atoms with Crippen molar-refractivity contribution in [3.05, 3.63) is 48.3 Å². The predicted octanol–water partition coefficient (Wildman–Crippen LogP) is 4.95. The third kappa shape index (κ3) is 4.02. The Morgan fingerprint density at radius 2 is 1.73 bits per heavy atom. The lowest BCUT2D eigenvalue weighted by molar-refractivity contribution is -0.114. The van der Waals surface area contributed by atoms with E-state index >= 15 is 0 Å². The van der Waals surface area contributed by atoms with Crippen molar-refractivity contribution < 1.29 is 4.79 Å². The van der Waals surface area contributed by atoms with Gasteiger partial charge in [-0.1, -0.05) is 20.8 Å². The Morgan fingerprint density at radius 1 is 1.08 bits per heavy atom. The Morgan fingerprint density at radius 3 is 2.35 bits per heavy atom. The van der Waals surface area contributed by atoms with Gasteiger partial charge in [0.1, 0.15) is 5.82 Å². The quantitative estimate of drug-likeness (QED) is 0.640. The number of anilines is 2. The van der Waals surface area contributed by atoms with Crippen molar-refractivity contribution in [2.24, 2.45) is 7.05 Å². The van der Waals surface area contributed by atoms with Crippen LogP contribution in [0.2, 0.25) is 0 Å². The van der Waals surface area contributed by atoms with Gasteiger partial charge in [0.25, 0.3) is 0 Å². The summed E-state index contributed by atoms with van der Waals surface area (Å²) in [6.45, 7) is 8.03. The molecular formula is C20H24N4OS. The van der Waals surface area contributed by atoms with E-state index in [1.54, 1.807) is 0 Å². The number of benzene rings is 2. The van der Waals surface area contributed by atoms with Gasteiger partial charge in [-0.2, -0.15) is 0 Å². The molecule has 0 saturated heterocycles. The van der Waals surface area contributed by atoms with Crippen LogP contribution < -0.4 is 10.0 Å². The molecule has 26 heavy (non-hydrogen) atoms. The van der Waals surface area contributed by atoms with Crippen molar-refractivity contribution in [1.82, 2.24) is 9.55 Å². The van der Waals surface area contributed by atoms with E-state index in [4.69, 9.17) is 4.98 Å². The summed E-state index contributed by atoms with van der Waals surface area (Å²) in [5, 5.41) is 2.77. The third-order valence-electron chi connectivity index (χ3n) is 4.01. The summed E-state index contributed by atoms with van der Waals surface area (Å²) >= 11 is 1.53. The first-order valence-corrected chi connectivity index (χ1v) is 9.33. The van der Waals surface area contributed by atoms with Crippen LogP contribution >= 0.6 is 11.9 Å². The highest BCUT2D eigenvalue weighted by Gasteiger charge is 2.21.